The number of piperidine rings is 1. The number of hydrogen-bond donors (Lipinski definition) is 2. The zero-order chi connectivity index (χ0) is 24.9. The predicted molar refractivity (Wildman–Crippen MR) is 130 cm³/mol. The fourth-order valence-corrected chi connectivity index (χ4v) is 5.25. The van der Waals surface area contributed by atoms with Crippen molar-refractivity contribution in [3.05, 3.63) is 64.7 Å². The zero-order valence-corrected chi connectivity index (χ0v) is 19.9. The Hall–Kier alpha value is -3.56. The van der Waals surface area contributed by atoms with Crippen molar-refractivity contribution in [2.75, 3.05) is 32.1 Å². The molecule has 4 amide bonds. The third kappa shape index (κ3) is 4.11. The Morgan fingerprint density at radius 2 is 1.83 bits per heavy atom. The summed E-state index contributed by atoms with van der Waals surface area (Å²) in [6, 6.07) is 12.6. The van der Waals surface area contributed by atoms with E-state index < -0.39 is 29.3 Å². The smallest absolute Gasteiger partial charge is 0.262 e. The summed E-state index contributed by atoms with van der Waals surface area (Å²) < 4.78 is 0. The maximum absolute atomic E-state index is 13.1. The fraction of sp³-hybridized carbons (Fsp3) is 0.385. The van der Waals surface area contributed by atoms with Gasteiger partial charge in [-0.15, -0.1) is 0 Å². The van der Waals surface area contributed by atoms with Gasteiger partial charge in [-0.25, -0.2) is 0 Å². The van der Waals surface area contributed by atoms with E-state index in [0.717, 1.165) is 34.7 Å². The summed E-state index contributed by atoms with van der Waals surface area (Å²) in [5.41, 5.74) is 10.1. The number of nitrogens with one attached hydrogen (secondary N) is 1. The first-order valence-electron chi connectivity index (χ1n) is 11.8. The van der Waals surface area contributed by atoms with Gasteiger partial charge in [-0.1, -0.05) is 18.2 Å². The molecule has 5 rings (SSSR count). The molecule has 3 aliphatic heterocycles. The molecule has 182 valence electrons. The minimum atomic E-state index is -0.960. The van der Waals surface area contributed by atoms with Crippen molar-refractivity contribution >= 4 is 29.3 Å². The predicted octanol–water partition coefficient (Wildman–Crippen LogP) is 1.21. The molecule has 0 aromatic heterocycles. The van der Waals surface area contributed by atoms with Crippen LogP contribution < -0.4 is 16.0 Å². The molecule has 9 heteroatoms. The van der Waals surface area contributed by atoms with Gasteiger partial charge >= 0.3 is 0 Å². The van der Waals surface area contributed by atoms with Gasteiger partial charge in [0.25, 0.3) is 11.8 Å². The molecule has 9 nitrogen and oxygen atoms in total. The SMILES string of the molecule is CN(C)c1cccc(C2(N)CCN(Cc3ccc4c(c3)C(=O)N(C3CCC(=O)NC3=O)C4=O)C2)c1. The molecule has 3 N–H and O–H groups in total. The Balaban J connectivity index is 1.31. The molecule has 0 radical (unpaired) electrons. The number of nitrogens with two attached hydrogens (primary N) is 1. The molecule has 2 atom stereocenters. The van der Waals surface area contributed by atoms with Crippen LogP contribution in [0.15, 0.2) is 42.5 Å². The molecular formula is C26H29N5O4. The molecule has 2 saturated heterocycles. The number of nitrogens with zero attached hydrogens (tertiary/aromatic N) is 3. The highest BCUT2D eigenvalue weighted by Crippen LogP contribution is 2.33. The quantitative estimate of drug-likeness (QED) is 0.625. The van der Waals surface area contributed by atoms with Crippen LogP contribution in [0, 0.1) is 0 Å². The summed E-state index contributed by atoms with van der Waals surface area (Å²) >= 11 is 0. The van der Waals surface area contributed by atoms with E-state index >= 15 is 0 Å². The molecule has 3 aliphatic rings. The highest BCUT2D eigenvalue weighted by molar-refractivity contribution is 6.23. The number of benzene rings is 2. The Kier molecular flexibility index (Phi) is 5.69. The summed E-state index contributed by atoms with van der Waals surface area (Å²) in [5.74, 6) is -1.98. The number of likely N-dealkylation sites (tertiary alicyclic amines) is 1. The van der Waals surface area contributed by atoms with Gasteiger partial charge in [0.2, 0.25) is 11.8 Å². The van der Waals surface area contributed by atoms with Gasteiger partial charge in [0, 0.05) is 45.8 Å². The van der Waals surface area contributed by atoms with Crippen molar-refractivity contribution in [2.24, 2.45) is 5.73 Å². The number of amides is 4. The van der Waals surface area contributed by atoms with Crippen molar-refractivity contribution in [2.45, 2.75) is 37.4 Å². The monoisotopic (exact) mass is 475 g/mol. The second-order valence-electron chi connectivity index (χ2n) is 9.89. The van der Waals surface area contributed by atoms with E-state index in [1.54, 1.807) is 12.1 Å². The Morgan fingerprint density at radius 3 is 2.57 bits per heavy atom. The van der Waals surface area contributed by atoms with Gasteiger partial charge in [-0.05, 0) is 48.2 Å². The number of carbonyl (C=O) groups is 4. The molecule has 2 aromatic rings. The second-order valence-corrected chi connectivity index (χ2v) is 9.89. The molecule has 2 aromatic carbocycles. The van der Waals surface area contributed by atoms with Gasteiger partial charge < -0.3 is 10.6 Å². The van der Waals surface area contributed by atoms with Crippen LogP contribution in [0.25, 0.3) is 0 Å². The summed E-state index contributed by atoms with van der Waals surface area (Å²) in [7, 11) is 4.01. The molecule has 0 saturated carbocycles. The van der Waals surface area contributed by atoms with Crippen LogP contribution in [0.3, 0.4) is 0 Å². The maximum atomic E-state index is 13.1. The number of imide groups is 2. The van der Waals surface area contributed by atoms with Gasteiger partial charge in [-0.2, -0.15) is 0 Å². The molecular weight excluding hydrogens is 446 g/mol. The van der Waals surface area contributed by atoms with Gasteiger partial charge in [-0.3, -0.25) is 34.3 Å². The van der Waals surface area contributed by atoms with Gasteiger partial charge in [0.05, 0.1) is 16.7 Å². The number of fused-ring (bicyclic) bond motifs is 1. The minimum absolute atomic E-state index is 0.0995. The van der Waals surface area contributed by atoms with Crippen LogP contribution in [0.1, 0.15) is 51.1 Å². The normalized spacial score (nSPS) is 24.7. The fourth-order valence-electron chi connectivity index (χ4n) is 5.25. The standard InChI is InChI=1S/C26H29N5O4/c1-29(2)18-5-3-4-17(13-18)26(27)10-11-30(15-26)14-16-6-7-19-20(12-16)25(35)31(24(19)34)21-8-9-22(32)28-23(21)33/h3-7,12-13,21H,8-11,14-15,27H2,1-2H3,(H,28,32,33). The molecule has 0 bridgehead atoms. The third-order valence-electron chi connectivity index (χ3n) is 7.23. The van der Waals surface area contributed by atoms with Crippen LogP contribution in [-0.4, -0.2) is 66.7 Å². The zero-order valence-electron chi connectivity index (χ0n) is 19.9. The lowest BCUT2D eigenvalue weighted by Gasteiger charge is -2.27. The third-order valence-corrected chi connectivity index (χ3v) is 7.23. The van der Waals surface area contributed by atoms with E-state index in [0.29, 0.717) is 24.2 Å². The first-order valence-corrected chi connectivity index (χ1v) is 11.8. The van der Waals surface area contributed by atoms with Gasteiger partial charge in [0.1, 0.15) is 6.04 Å². The molecule has 35 heavy (non-hydrogen) atoms. The van der Waals surface area contributed by atoms with Crippen LogP contribution in [0.4, 0.5) is 5.69 Å². The number of hydrogen-bond acceptors (Lipinski definition) is 7. The van der Waals surface area contributed by atoms with Crippen molar-refractivity contribution in [3.8, 4) is 0 Å². The number of carbonyl (C=O) groups excluding carboxylic acids is 4. The Morgan fingerprint density at radius 1 is 1.06 bits per heavy atom. The van der Waals surface area contributed by atoms with Crippen LogP contribution in [0.2, 0.25) is 0 Å². The van der Waals surface area contributed by atoms with E-state index in [-0.39, 0.29) is 18.7 Å². The maximum Gasteiger partial charge on any atom is 0.262 e. The highest BCUT2D eigenvalue weighted by atomic mass is 16.2. The van der Waals surface area contributed by atoms with Crippen molar-refractivity contribution in [3.63, 3.8) is 0 Å². The summed E-state index contributed by atoms with van der Waals surface area (Å²) in [4.78, 5) is 55.1. The average Bonchev–Trinajstić information content (AvgIpc) is 3.32. The van der Waals surface area contributed by atoms with Crippen molar-refractivity contribution in [1.29, 1.82) is 0 Å². The summed E-state index contributed by atoms with van der Waals surface area (Å²) in [6.45, 7) is 2.09. The summed E-state index contributed by atoms with van der Waals surface area (Å²) in [5, 5.41) is 2.22. The van der Waals surface area contributed by atoms with Crippen LogP contribution >= 0.6 is 0 Å². The van der Waals surface area contributed by atoms with Crippen LogP contribution in [0.5, 0.6) is 0 Å². The lowest BCUT2D eigenvalue weighted by atomic mass is 9.90. The molecule has 2 unspecified atom stereocenters. The molecule has 2 fully saturated rings. The van der Waals surface area contributed by atoms with Gasteiger partial charge in [0.15, 0.2) is 0 Å². The van der Waals surface area contributed by atoms with E-state index in [2.05, 4.69) is 33.3 Å². The average molecular weight is 476 g/mol. The molecule has 0 aliphatic carbocycles. The molecule has 3 heterocycles. The van der Waals surface area contributed by atoms with E-state index in [1.165, 1.54) is 0 Å². The lowest BCUT2D eigenvalue weighted by Crippen LogP contribution is -2.54. The largest absolute Gasteiger partial charge is 0.378 e. The molecule has 0 spiro atoms. The first kappa shape index (κ1) is 23.2. The highest BCUT2D eigenvalue weighted by Gasteiger charge is 2.44. The summed E-state index contributed by atoms with van der Waals surface area (Å²) in [6.07, 6.45) is 1.06. The lowest BCUT2D eigenvalue weighted by molar-refractivity contribution is -0.136. The van der Waals surface area contributed by atoms with Crippen molar-refractivity contribution < 1.29 is 19.2 Å². The minimum Gasteiger partial charge on any atom is -0.378 e. The Bertz CT molecular complexity index is 1240. The second kappa shape index (κ2) is 8.58. The van der Waals surface area contributed by atoms with E-state index in [1.807, 2.05) is 26.2 Å². The number of rotatable bonds is 5. The Labute approximate surface area is 203 Å². The van der Waals surface area contributed by atoms with E-state index in [9.17, 15) is 19.2 Å². The first-order chi connectivity index (χ1) is 16.7. The van der Waals surface area contributed by atoms with Crippen molar-refractivity contribution in [1.82, 2.24) is 15.1 Å². The van der Waals surface area contributed by atoms with E-state index in [4.69, 9.17) is 5.73 Å². The number of anilines is 1. The van der Waals surface area contributed by atoms with Crippen LogP contribution in [-0.2, 0) is 21.7 Å². The topological polar surface area (TPSA) is 116 Å².